The first-order valence-electron chi connectivity index (χ1n) is 7.51. The molecule has 0 unspecified atom stereocenters. The number of nitrogens with zero attached hydrogens (tertiary/aromatic N) is 3. The van der Waals surface area contributed by atoms with E-state index in [0.717, 1.165) is 17.0 Å². The van der Waals surface area contributed by atoms with Gasteiger partial charge >= 0.3 is 5.69 Å². The van der Waals surface area contributed by atoms with Crippen LogP contribution >= 0.6 is 11.8 Å². The van der Waals surface area contributed by atoms with Crippen molar-refractivity contribution in [3.8, 4) is 11.3 Å². The topological polar surface area (TPSA) is 63.0 Å². The summed E-state index contributed by atoms with van der Waals surface area (Å²) in [5, 5.41) is 3.54. The van der Waals surface area contributed by atoms with Gasteiger partial charge in [-0.2, -0.15) is 9.50 Å². The summed E-state index contributed by atoms with van der Waals surface area (Å²) in [7, 11) is 0. The zero-order valence-electron chi connectivity index (χ0n) is 12.7. The van der Waals surface area contributed by atoms with Crippen LogP contribution in [0.3, 0.4) is 0 Å². The number of aromatic nitrogens is 4. The molecule has 0 aliphatic heterocycles. The minimum Gasteiger partial charge on any atom is -0.288 e. The molecule has 0 radical (unpaired) electrons. The van der Waals surface area contributed by atoms with Crippen LogP contribution in [0, 0.1) is 0 Å². The largest absolute Gasteiger partial charge is 0.370 e. The summed E-state index contributed by atoms with van der Waals surface area (Å²) < 4.78 is 1.37. The minimum atomic E-state index is -0.349. The van der Waals surface area contributed by atoms with Gasteiger partial charge in [0.1, 0.15) is 0 Å². The molecule has 2 heterocycles. The lowest BCUT2D eigenvalue weighted by molar-refractivity contribution is 0.788. The smallest absolute Gasteiger partial charge is 0.288 e. The monoisotopic (exact) mass is 334 g/mol. The van der Waals surface area contributed by atoms with Gasteiger partial charge in [-0.05, 0) is 11.1 Å². The Labute approximate surface area is 142 Å². The van der Waals surface area contributed by atoms with Gasteiger partial charge in [0, 0.05) is 11.8 Å². The SMILES string of the molecule is O=c1nc(SCc2ccccc2)nc2cc(-c3ccccc3)[nH]n12. The van der Waals surface area contributed by atoms with Crippen LogP contribution in [0.15, 0.2) is 76.7 Å². The summed E-state index contributed by atoms with van der Waals surface area (Å²) in [6.45, 7) is 0. The fraction of sp³-hybridized carbons (Fsp3) is 0.0556. The lowest BCUT2D eigenvalue weighted by atomic mass is 10.2. The summed E-state index contributed by atoms with van der Waals surface area (Å²) in [6.07, 6.45) is 0. The van der Waals surface area contributed by atoms with Gasteiger partial charge < -0.3 is 0 Å². The van der Waals surface area contributed by atoms with Gasteiger partial charge in [0.05, 0.1) is 5.69 Å². The molecule has 0 atom stereocenters. The highest BCUT2D eigenvalue weighted by atomic mass is 32.2. The first-order chi connectivity index (χ1) is 11.8. The second kappa shape index (κ2) is 6.33. The van der Waals surface area contributed by atoms with Gasteiger partial charge in [-0.15, -0.1) is 0 Å². The van der Waals surface area contributed by atoms with Gasteiger partial charge in [0.2, 0.25) is 0 Å². The van der Waals surface area contributed by atoms with Crippen molar-refractivity contribution in [2.75, 3.05) is 0 Å². The van der Waals surface area contributed by atoms with Crippen molar-refractivity contribution >= 4 is 17.4 Å². The third-order valence-corrected chi connectivity index (χ3v) is 4.54. The lowest BCUT2D eigenvalue weighted by Crippen LogP contribution is -2.19. The number of fused-ring (bicyclic) bond motifs is 1. The van der Waals surface area contributed by atoms with Gasteiger partial charge in [-0.1, -0.05) is 72.4 Å². The van der Waals surface area contributed by atoms with E-state index in [1.807, 2.05) is 66.7 Å². The second-order valence-corrected chi connectivity index (χ2v) is 6.23. The number of rotatable bonds is 4. The molecule has 0 amide bonds. The predicted octanol–water partition coefficient (Wildman–Crippen LogP) is 3.38. The van der Waals surface area contributed by atoms with E-state index >= 15 is 0 Å². The maximum atomic E-state index is 12.2. The Morgan fingerprint density at radius 2 is 1.67 bits per heavy atom. The third kappa shape index (κ3) is 2.96. The van der Waals surface area contributed by atoms with Crippen molar-refractivity contribution in [3.05, 3.63) is 82.8 Å². The molecular weight excluding hydrogens is 320 g/mol. The van der Waals surface area contributed by atoms with Gasteiger partial charge in [-0.3, -0.25) is 5.10 Å². The Balaban J connectivity index is 1.66. The zero-order valence-corrected chi connectivity index (χ0v) is 13.5. The Bertz CT molecular complexity index is 1030. The van der Waals surface area contributed by atoms with Crippen LogP contribution in [0.5, 0.6) is 0 Å². The van der Waals surface area contributed by atoms with Crippen LogP contribution in [0.4, 0.5) is 0 Å². The number of hydrogen-bond acceptors (Lipinski definition) is 4. The molecule has 0 bridgehead atoms. The first-order valence-corrected chi connectivity index (χ1v) is 8.50. The molecule has 4 rings (SSSR count). The molecule has 6 heteroatoms. The van der Waals surface area contributed by atoms with E-state index in [1.165, 1.54) is 21.8 Å². The van der Waals surface area contributed by atoms with Gasteiger partial charge in [0.15, 0.2) is 10.8 Å². The molecule has 0 fully saturated rings. The quantitative estimate of drug-likeness (QED) is 0.581. The van der Waals surface area contributed by atoms with Crippen LogP contribution in [0.2, 0.25) is 0 Å². The van der Waals surface area contributed by atoms with Crippen molar-refractivity contribution in [1.82, 2.24) is 19.6 Å². The maximum absolute atomic E-state index is 12.2. The Hall–Kier alpha value is -2.86. The Kier molecular flexibility index (Phi) is 3.88. The summed E-state index contributed by atoms with van der Waals surface area (Å²) in [5.41, 5.74) is 3.24. The maximum Gasteiger partial charge on any atom is 0.370 e. The average molecular weight is 334 g/mol. The number of H-pyrrole nitrogens is 1. The zero-order chi connectivity index (χ0) is 16.4. The fourth-order valence-corrected chi connectivity index (χ4v) is 3.23. The third-order valence-electron chi connectivity index (χ3n) is 3.62. The van der Waals surface area contributed by atoms with Crippen molar-refractivity contribution in [3.63, 3.8) is 0 Å². The number of nitrogens with one attached hydrogen (secondary N) is 1. The molecule has 0 aliphatic carbocycles. The molecule has 118 valence electrons. The highest BCUT2D eigenvalue weighted by molar-refractivity contribution is 7.98. The van der Waals surface area contributed by atoms with Crippen LogP contribution in [0.25, 0.3) is 16.9 Å². The average Bonchev–Trinajstić information content (AvgIpc) is 3.06. The highest BCUT2D eigenvalue weighted by Crippen LogP contribution is 2.21. The van der Waals surface area contributed by atoms with E-state index in [-0.39, 0.29) is 5.69 Å². The predicted molar refractivity (Wildman–Crippen MR) is 95.0 cm³/mol. The molecule has 24 heavy (non-hydrogen) atoms. The minimum absolute atomic E-state index is 0.349. The second-order valence-electron chi connectivity index (χ2n) is 5.29. The molecule has 0 saturated heterocycles. The summed E-state index contributed by atoms with van der Waals surface area (Å²) >= 11 is 1.46. The highest BCUT2D eigenvalue weighted by Gasteiger charge is 2.09. The number of hydrogen-bond donors (Lipinski definition) is 1. The fourth-order valence-electron chi connectivity index (χ4n) is 2.44. The van der Waals surface area contributed by atoms with E-state index in [9.17, 15) is 4.79 Å². The number of thioether (sulfide) groups is 1. The normalized spacial score (nSPS) is 11.0. The van der Waals surface area contributed by atoms with E-state index in [4.69, 9.17) is 0 Å². The van der Waals surface area contributed by atoms with Crippen LogP contribution in [-0.4, -0.2) is 19.6 Å². The summed E-state index contributed by atoms with van der Waals surface area (Å²) in [6, 6.07) is 21.7. The molecule has 0 spiro atoms. The Morgan fingerprint density at radius 1 is 0.958 bits per heavy atom. The van der Waals surface area contributed by atoms with Crippen molar-refractivity contribution in [1.29, 1.82) is 0 Å². The standard InChI is InChI=1S/C18H14N4OS/c23-18-20-17(24-12-13-7-3-1-4-8-13)19-16-11-15(21-22(16)18)14-9-5-2-6-10-14/h1-11,21H,12H2. The number of benzene rings is 2. The molecule has 0 aliphatic rings. The lowest BCUT2D eigenvalue weighted by Gasteiger charge is -2.00. The Morgan fingerprint density at radius 3 is 2.42 bits per heavy atom. The van der Waals surface area contributed by atoms with E-state index < -0.39 is 0 Å². The molecule has 1 N–H and O–H groups in total. The summed E-state index contributed by atoms with van der Waals surface area (Å²) in [4.78, 5) is 20.8. The summed E-state index contributed by atoms with van der Waals surface area (Å²) in [5.74, 6) is 0.729. The molecule has 4 aromatic rings. The molecule has 5 nitrogen and oxygen atoms in total. The molecule has 2 aromatic heterocycles. The first kappa shape index (κ1) is 14.7. The van der Waals surface area contributed by atoms with Gasteiger partial charge in [-0.25, -0.2) is 9.78 Å². The van der Waals surface area contributed by atoms with Crippen molar-refractivity contribution < 1.29 is 0 Å². The number of aromatic amines is 1. The van der Waals surface area contributed by atoms with Crippen LogP contribution < -0.4 is 5.69 Å². The molecule has 0 saturated carbocycles. The van der Waals surface area contributed by atoms with Crippen LogP contribution in [-0.2, 0) is 5.75 Å². The van der Waals surface area contributed by atoms with Gasteiger partial charge in [0.25, 0.3) is 0 Å². The molecule has 2 aromatic carbocycles. The van der Waals surface area contributed by atoms with Crippen molar-refractivity contribution in [2.24, 2.45) is 0 Å². The van der Waals surface area contributed by atoms with Crippen molar-refractivity contribution in [2.45, 2.75) is 10.9 Å². The van der Waals surface area contributed by atoms with E-state index in [1.54, 1.807) is 0 Å². The molecular formula is C18H14N4OS. The van der Waals surface area contributed by atoms with Crippen LogP contribution in [0.1, 0.15) is 5.56 Å². The van der Waals surface area contributed by atoms with E-state index in [0.29, 0.717) is 10.8 Å². The van der Waals surface area contributed by atoms with E-state index in [2.05, 4.69) is 15.1 Å².